The van der Waals surface area contributed by atoms with Gasteiger partial charge in [-0.05, 0) is 32.4 Å². The minimum atomic E-state index is -0.434. The maximum Gasteiger partial charge on any atom is 0.414 e. The second kappa shape index (κ2) is 7.18. The molecule has 1 aliphatic rings. The van der Waals surface area contributed by atoms with Crippen LogP contribution in [-0.2, 0) is 0 Å². The highest BCUT2D eigenvalue weighted by Gasteiger charge is 2.16. The number of hydrogen-bond donors (Lipinski definition) is 2. The van der Waals surface area contributed by atoms with Crippen LogP contribution in [0.5, 0.6) is 5.88 Å². The molecule has 100 valence electrons. The SMILES string of the molecule is Cc1cccc(OC(=O)NC2CCCNC2)n1.Cl. The van der Waals surface area contributed by atoms with Crippen molar-refractivity contribution in [3.8, 4) is 5.88 Å². The van der Waals surface area contributed by atoms with E-state index in [0.29, 0.717) is 5.88 Å². The summed E-state index contributed by atoms with van der Waals surface area (Å²) in [5.41, 5.74) is 0.828. The fourth-order valence-corrected chi connectivity index (χ4v) is 1.84. The summed E-state index contributed by atoms with van der Waals surface area (Å²) in [5, 5.41) is 6.05. The topological polar surface area (TPSA) is 63.2 Å². The van der Waals surface area contributed by atoms with Crippen molar-refractivity contribution in [3.63, 3.8) is 0 Å². The van der Waals surface area contributed by atoms with E-state index >= 15 is 0 Å². The number of carbonyl (C=O) groups excluding carboxylic acids is 1. The minimum absolute atomic E-state index is 0. The molecule has 18 heavy (non-hydrogen) atoms. The van der Waals surface area contributed by atoms with Gasteiger partial charge in [-0.2, -0.15) is 0 Å². The maximum absolute atomic E-state index is 11.6. The lowest BCUT2D eigenvalue weighted by molar-refractivity contribution is 0.191. The molecule has 1 unspecified atom stereocenters. The van der Waals surface area contributed by atoms with E-state index < -0.39 is 6.09 Å². The van der Waals surface area contributed by atoms with Crippen molar-refractivity contribution in [1.29, 1.82) is 0 Å². The van der Waals surface area contributed by atoms with E-state index in [2.05, 4.69) is 15.6 Å². The number of nitrogens with one attached hydrogen (secondary N) is 2. The van der Waals surface area contributed by atoms with E-state index in [-0.39, 0.29) is 18.4 Å². The first-order chi connectivity index (χ1) is 8.24. The number of carbonyl (C=O) groups is 1. The van der Waals surface area contributed by atoms with E-state index in [4.69, 9.17) is 4.74 Å². The van der Waals surface area contributed by atoms with E-state index in [1.807, 2.05) is 19.1 Å². The molecule has 1 saturated heterocycles. The summed E-state index contributed by atoms with van der Waals surface area (Å²) in [4.78, 5) is 15.7. The fourth-order valence-electron chi connectivity index (χ4n) is 1.84. The van der Waals surface area contributed by atoms with Crippen molar-refractivity contribution in [2.75, 3.05) is 13.1 Å². The molecular formula is C12H18ClN3O2. The number of ether oxygens (including phenoxy) is 1. The largest absolute Gasteiger partial charge is 0.414 e. The minimum Gasteiger partial charge on any atom is -0.391 e. The summed E-state index contributed by atoms with van der Waals surface area (Å²) in [6.07, 6.45) is 1.63. The number of hydrogen-bond acceptors (Lipinski definition) is 4. The first-order valence-electron chi connectivity index (χ1n) is 5.87. The smallest absolute Gasteiger partial charge is 0.391 e. The van der Waals surface area contributed by atoms with Crippen molar-refractivity contribution in [2.45, 2.75) is 25.8 Å². The van der Waals surface area contributed by atoms with Crippen LogP contribution in [0.4, 0.5) is 4.79 Å². The van der Waals surface area contributed by atoms with Gasteiger partial charge in [0.05, 0.1) is 0 Å². The zero-order valence-corrected chi connectivity index (χ0v) is 11.1. The number of amides is 1. The molecule has 1 aliphatic heterocycles. The number of aromatic nitrogens is 1. The first kappa shape index (κ1) is 14.7. The van der Waals surface area contributed by atoms with Gasteiger partial charge >= 0.3 is 6.09 Å². The van der Waals surface area contributed by atoms with Gasteiger partial charge in [0.1, 0.15) is 0 Å². The number of pyridine rings is 1. The van der Waals surface area contributed by atoms with Crippen LogP contribution >= 0.6 is 12.4 Å². The summed E-state index contributed by atoms with van der Waals surface area (Å²) >= 11 is 0. The Hall–Kier alpha value is -1.33. The third-order valence-electron chi connectivity index (χ3n) is 2.68. The van der Waals surface area contributed by atoms with E-state index in [1.54, 1.807) is 6.07 Å². The summed E-state index contributed by atoms with van der Waals surface area (Å²) in [7, 11) is 0. The lowest BCUT2D eigenvalue weighted by Crippen LogP contribution is -2.46. The molecular weight excluding hydrogens is 254 g/mol. The molecule has 0 bridgehead atoms. The Kier molecular flexibility index (Phi) is 5.88. The van der Waals surface area contributed by atoms with Crippen LogP contribution in [0.1, 0.15) is 18.5 Å². The summed E-state index contributed by atoms with van der Waals surface area (Å²) < 4.78 is 5.11. The standard InChI is InChI=1S/C12H17N3O2.ClH/c1-9-4-2-6-11(14-9)17-12(16)15-10-5-3-7-13-8-10;/h2,4,6,10,13H,3,5,7-8H2,1H3,(H,15,16);1H. The molecule has 0 aliphatic carbocycles. The fraction of sp³-hybridized carbons (Fsp3) is 0.500. The van der Waals surface area contributed by atoms with Crippen molar-refractivity contribution in [2.24, 2.45) is 0 Å². The van der Waals surface area contributed by atoms with Crippen molar-refractivity contribution >= 4 is 18.5 Å². The predicted octanol–water partition coefficient (Wildman–Crippen LogP) is 1.65. The van der Waals surface area contributed by atoms with Gasteiger partial charge in [0.15, 0.2) is 0 Å². The number of piperidine rings is 1. The average Bonchev–Trinajstić information content (AvgIpc) is 2.30. The summed E-state index contributed by atoms with van der Waals surface area (Å²) in [6.45, 7) is 3.68. The maximum atomic E-state index is 11.6. The molecule has 1 fully saturated rings. The van der Waals surface area contributed by atoms with Gasteiger partial charge in [-0.1, -0.05) is 6.07 Å². The van der Waals surface area contributed by atoms with Crippen LogP contribution in [0.3, 0.4) is 0 Å². The van der Waals surface area contributed by atoms with Crippen LogP contribution in [-0.4, -0.2) is 30.2 Å². The van der Waals surface area contributed by atoms with Crippen LogP contribution < -0.4 is 15.4 Å². The molecule has 0 spiro atoms. The molecule has 2 rings (SSSR count). The normalized spacial score (nSPS) is 18.6. The van der Waals surface area contributed by atoms with E-state index in [9.17, 15) is 4.79 Å². The molecule has 1 aromatic rings. The predicted molar refractivity (Wildman–Crippen MR) is 71.3 cm³/mol. The van der Waals surface area contributed by atoms with Gasteiger partial charge in [-0.15, -0.1) is 12.4 Å². The third kappa shape index (κ3) is 4.50. The highest BCUT2D eigenvalue weighted by Crippen LogP contribution is 2.07. The Morgan fingerprint density at radius 3 is 3.06 bits per heavy atom. The molecule has 1 amide bonds. The second-order valence-corrected chi connectivity index (χ2v) is 4.19. The molecule has 0 radical (unpaired) electrons. The molecule has 2 heterocycles. The van der Waals surface area contributed by atoms with Gasteiger partial charge in [0.25, 0.3) is 0 Å². The average molecular weight is 272 g/mol. The van der Waals surface area contributed by atoms with Crippen molar-refractivity contribution in [3.05, 3.63) is 23.9 Å². The van der Waals surface area contributed by atoms with Gasteiger partial charge in [0, 0.05) is 24.3 Å². The Morgan fingerprint density at radius 1 is 1.56 bits per heavy atom. The van der Waals surface area contributed by atoms with E-state index in [0.717, 1.165) is 31.6 Å². The Balaban J connectivity index is 0.00000162. The van der Waals surface area contributed by atoms with Crippen LogP contribution in [0.15, 0.2) is 18.2 Å². The number of rotatable bonds is 2. The van der Waals surface area contributed by atoms with Crippen molar-refractivity contribution in [1.82, 2.24) is 15.6 Å². The van der Waals surface area contributed by atoms with Crippen LogP contribution in [0.2, 0.25) is 0 Å². The quantitative estimate of drug-likeness (QED) is 0.859. The van der Waals surface area contributed by atoms with Gasteiger partial charge in [-0.25, -0.2) is 9.78 Å². The Labute approximate surface area is 113 Å². The number of halogens is 1. The van der Waals surface area contributed by atoms with Gasteiger partial charge < -0.3 is 15.4 Å². The zero-order valence-electron chi connectivity index (χ0n) is 10.3. The Bertz CT molecular complexity index is 395. The highest BCUT2D eigenvalue weighted by atomic mass is 35.5. The molecule has 1 aromatic heterocycles. The first-order valence-corrected chi connectivity index (χ1v) is 5.87. The van der Waals surface area contributed by atoms with E-state index in [1.165, 1.54) is 0 Å². The molecule has 6 heteroatoms. The van der Waals surface area contributed by atoms with Crippen LogP contribution in [0.25, 0.3) is 0 Å². The van der Waals surface area contributed by atoms with Gasteiger partial charge in [-0.3, -0.25) is 0 Å². The monoisotopic (exact) mass is 271 g/mol. The third-order valence-corrected chi connectivity index (χ3v) is 2.68. The highest BCUT2D eigenvalue weighted by molar-refractivity contribution is 5.85. The summed E-state index contributed by atoms with van der Waals surface area (Å²) in [5.74, 6) is 0.339. The second-order valence-electron chi connectivity index (χ2n) is 4.19. The number of nitrogens with zero attached hydrogens (tertiary/aromatic N) is 1. The lowest BCUT2D eigenvalue weighted by atomic mass is 10.1. The molecule has 0 aromatic carbocycles. The zero-order chi connectivity index (χ0) is 12.1. The number of aryl methyl sites for hydroxylation is 1. The van der Waals surface area contributed by atoms with Crippen LogP contribution in [0, 0.1) is 6.92 Å². The molecule has 1 atom stereocenters. The van der Waals surface area contributed by atoms with Gasteiger partial charge in [0.2, 0.25) is 5.88 Å². The Morgan fingerprint density at radius 2 is 2.39 bits per heavy atom. The van der Waals surface area contributed by atoms with Crippen molar-refractivity contribution < 1.29 is 9.53 Å². The molecule has 5 nitrogen and oxygen atoms in total. The molecule has 2 N–H and O–H groups in total. The molecule has 0 saturated carbocycles. The lowest BCUT2D eigenvalue weighted by Gasteiger charge is -2.23. The summed E-state index contributed by atoms with van der Waals surface area (Å²) in [6, 6.07) is 5.50.